The van der Waals surface area contributed by atoms with Crippen LogP contribution < -0.4 is 11.5 Å². The summed E-state index contributed by atoms with van der Waals surface area (Å²) in [5, 5.41) is 7.94. The van der Waals surface area contributed by atoms with E-state index in [-0.39, 0.29) is 0 Å². The van der Waals surface area contributed by atoms with E-state index in [1.807, 2.05) is 36.4 Å². The molecule has 6 heteroatoms. The van der Waals surface area contributed by atoms with Crippen molar-refractivity contribution in [1.82, 2.24) is 10.2 Å². The van der Waals surface area contributed by atoms with Gasteiger partial charge in [-0.25, -0.2) is 0 Å². The zero-order chi connectivity index (χ0) is 19.7. The number of nitrogens with two attached hydrogens (primary N) is 2. The molecule has 5 nitrogen and oxygen atoms in total. The minimum absolute atomic E-state index is 0.391. The van der Waals surface area contributed by atoms with Crippen molar-refractivity contribution >= 4 is 38.6 Å². The van der Waals surface area contributed by atoms with Gasteiger partial charge in [0.2, 0.25) is 5.91 Å². The molecule has 0 fully saturated rings. The molecule has 0 radical (unpaired) electrons. The zero-order valence-electron chi connectivity index (χ0n) is 15.1. The van der Waals surface area contributed by atoms with Crippen LogP contribution in [0.25, 0.3) is 22.0 Å². The van der Waals surface area contributed by atoms with E-state index >= 15 is 0 Å². The molecule has 0 atom stereocenters. The Morgan fingerprint density at radius 2 is 1.82 bits per heavy atom. The highest BCUT2D eigenvalue weighted by atomic mass is 79.9. The van der Waals surface area contributed by atoms with Crippen LogP contribution in [0.3, 0.4) is 0 Å². The SMILES string of the molecule is NC(=O)c1ccccc1CCc1cc(Br)cc(-c2ccc3c(N)n[nH]c3c2)c1. The van der Waals surface area contributed by atoms with Crippen LogP contribution in [0.5, 0.6) is 0 Å². The number of primary amides is 1. The Balaban J connectivity index is 1.63. The predicted molar refractivity (Wildman–Crippen MR) is 116 cm³/mol. The molecule has 0 saturated heterocycles. The van der Waals surface area contributed by atoms with E-state index < -0.39 is 5.91 Å². The third-order valence-electron chi connectivity index (χ3n) is 4.85. The fraction of sp³-hybridized carbons (Fsp3) is 0.0909. The van der Waals surface area contributed by atoms with Gasteiger partial charge in [0.15, 0.2) is 5.82 Å². The molecular formula is C22H19BrN4O. The fourth-order valence-corrected chi connectivity index (χ4v) is 3.98. The summed E-state index contributed by atoms with van der Waals surface area (Å²) in [6, 6.07) is 19.9. The number of hydrogen-bond donors (Lipinski definition) is 3. The number of aromatic nitrogens is 2. The molecule has 1 amide bonds. The van der Waals surface area contributed by atoms with Gasteiger partial charge in [-0.3, -0.25) is 9.89 Å². The van der Waals surface area contributed by atoms with Gasteiger partial charge in [-0.05, 0) is 65.4 Å². The molecule has 0 saturated carbocycles. The maximum atomic E-state index is 11.6. The number of hydrogen-bond acceptors (Lipinski definition) is 3. The first-order valence-corrected chi connectivity index (χ1v) is 9.72. The van der Waals surface area contributed by atoms with E-state index in [0.717, 1.165) is 44.9 Å². The predicted octanol–water partition coefficient (Wildman–Crippen LogP) is 4.46. The Morgan fingerprint density at radius 3 is 2.64 bits per heavy atom. The lowest BCUT2D eigenvalue weighted by Crippen LogP contribution is -2.13. The summed E-state index contributed by atoms with van der Waals surface area (Å²) in [5.74, 6) is 0.113. The van der Waals surface area contributed by atoms with Crippen molar-refractivity contribution in [2.24, 2.45) is 5.73 Å². The smallest absolute Gasteiger partial charge is 0.248 e. The molecule has 140 valence electrons. The molecule has 0 aliphatic heterocycles. The van der Waals surface area contributed by atoms with Crippen molar-refractivity contribution in [3.63, 3.8) is 0 Å². The second kappa shape index (κ2) is 7.48. The number of aromatic amines is 1. The van der Waals surface area contributed by atoms with Crippen LogP contribution in [0, 0.1) is 0 Å². The van der Waals surface area contributed by atoms with Crippen LogP contribution in [-0.4, -0.2) is 16.1 Å². The van der Waals surface area contributed by atoms with Gasteiger partial charge in [-0.2, -0.15) is 5.10 Å². The highest BCUT2D eigenvalue weighted by molar-refractivity contribution is 9.10. The van der Waals surface area contributed by atoms with Crippen LogP contribution in [0.15, 0.2) is 65.1 Å². The van der Waals surface area contributed by atoms with Crippen molar-refractivity contribution in [1.29, 1.82) is 0 Å². The van der Waals surface area contributed by atoms with E-state index in [0.29, 0.717) is 11.4 Å². The van der Waals surface area contributed by atoms with Crippen molar-refractivity contribution in [3.05, 3.63) is 81.8 Å². The maximum Gasteiger partial charge on any atom is 0.248 e. The molecule has 28 heavy (non-hydrogen) atoms. The molecule has 0 spiro atoms. The van der Waals surface area contributed by atoms with E-state index in [2.05, 4.69) is 44.3 Å². The topological polar surface area (TPSA) is 97.8 Å². The van der Waals surface area contributed by atoms with Gasteiger partial charge in [0.25, 0.3) is 0 Å². The van der Waals surface area contributed by atoms with Gasteiger partial charge < -0.3 is 11.5 Å². The van der Waals surface area contributed by atoms with E-state index in [9.17, 15) is 4.79 Å². The molecule has 4 rings (SSSR count). The number of H-pyrrole nitrogens is 1. The highest BCUT2D eigenvalue weighted by Gasteiger charge is 2.09. The van der Waals surface area contributed by atoms with Crippen molar-refractivity contribution < 1.29 is 4.79 Å². The number of aryl methyl sites for hydroxylation is 2. The molecule has 0 aliphatic rings. The fourth-order valence-electron chi connectivity index (χ4n) is 3.44. The lowest BCUT2D eigenvalue weighted by molar-refractivity contribution is 0.0999. The Bertz CT molecular complexity index is 1180. The number of amides is 1. The van der Waals surface area contributed by atoms with Crippen molar-refractivity contribution in [3.8, 4) is 11.1 Å². The first kappa shape index (κ1) is 18.3. The molecule has 4 aromatic rings. The molecule has 5 N–H and O–H groups in total. The summed E-state index contributed by atoms with van der Waals surface area (Å²) < 4.78 is 1.01. The number of halogens is 1. The van der Waals surface area contributed by atoms with Crippen molar-refractivity contribution in [2.75, 3.05) is 5.73 Å². The van der Waals surface area contributed by atoms with Crippen LogP contribution in [0.1, 0.15) is 21.5 Å². The summed E-state index contributed by atoms with van der Waals surface area (Å²) in [4.78, 5) is 11.6. The molecule has 1 aromatic heterocycles. The largest absolute Gasteiger partial charge is 0.382 e. The summed E-state index contributed by atoms with van der Waals surface area (Å²) in [6.07, 6.45) is 1.54. The van der Waals surface area contributed by atoms with E-state index in [1.54, 1.807) is 6.07 Å². The average molecular weight is 435 g/mol. The van der Waals surface area contributed by atoms with Crippen LogP contribution in [0.2, 0.25) is 0 Å². The maximum absolute atomic E-state index is 11.6. The molecular weight excluding hydrogens is 416 g/mol. The normalized spacial score (nSPS) is 11.0. The number of benzene rings is 3. The minimum atomic E-state index is -0.391. The van der Waals surface area contributed by atoms with Crippen LogP contribution in [0.4, 0.5) is 5.82 Å². The molecule has 0 unspecified atom stereocenters. The quantitative estimate of drug-likeness (QED) is 0.432. The van der Waals surface area contributed by atoms with Gasteiger partial charge in [-0.1, -0.05) is 46.3 Å². The molecule has 0 aliphatic carbocycles. The van der Waals surface area contributed by atoms with Crippen molar-refractivity contribution in [2.45, 2.75) is 12.8 Å². The Morgan fingerprint density at radius 1 is 1.00 bits per heavy atom. The number of carbonyl (C=O) groups excluding carboxylic acids is 1. The van der Waals surface area contributed by atoms with E-state index in [4.69, 9.17) is 11.5 Å². The second-order valence-corrected chi connectivity index (χ2v) is 7.65. The summed E-state index contributed by atoms with van der Waals surface area (Å²) in [6.45, 7) is 0. The summed E-state index contributed by atoms with van der Waals surface area (Å²) in [5.41, 5.74) is 17.2. The van der Waals surface area contributed by atoms with E-state index in [1.165, 1.54) is 5.56 Å². The number of fused-ring (bicyclic) bond motifs is 1. The summed E-state index contributed by atoms with van der Waals surface area (Å²) in [7, 11) is 0. The van der Waals surface area contributed by atoms with Gasteiger partial charge in [0.05, 0.1) is 5.52 Å². The number of rotatable bonds is 5. The average Bonchev–Trinajstić information content (AvgIpc) is 3.06. The lowest BCUT2D eigenvalue weighted by atomic mass is 9.96. The highest BCUT2D eigenvalue weighted by Crippen LogP contribution is 2.29. The number of nitrogens with zero attached hydrogens (tertiary/aromatic N) is 1. The Kier molecular flexibility index (Phi) is 4.88. The van der Waals surface area contributed by atoms with Gasteiger partial charge >= 0.3 is 0 Å². The number of anilines is 1. The number of nitrogens with one attached hydrogen (secondary N) is 1. The third kappa shape index (κ3) is 3.64. The minimum Gasteiger partial charge on any atom is -0.382 e. The Labute approximate surface area is 170 Å². The number of carbonyl (C=O) groups is 1. The Hall–Kier alpha value is -3.12. The second-order valence-electron chi connectivity index (χ2n) is 6.74. The van der Waals surface area contributed by atoms with Gasteiger partial charge in [0, 0.05) is 15.4 Å². The first-order chi connectivity index (χ1) is 13.5. The third-order valence-corrected chi connectivity index (χ3v) is 5.31. The van der Waals surface area contributed by atoms with Crippen LogP contribution >= 0.6 is 15.9 Å². The van der Waals surface area contributed by atoms with Gasteiger partial charge in [0.1, 0.15) is 0 Å². The van der Waals surface area contributed by atoms with Crippen LogP contribution in [-0.2, 0) is 12.8 Å². The van der Waals surface area contributed by atoms with Gasteiger partial charge in [-0.15, -0.1) is 0 Å². The zero-order valence-corrected chi connectivity index (χ0v) is 16.7. The lowest BCUT2D eigenvalue weighted by Gasteiger charge is -2.10. The first-order valence-electron chi connectivity index (χ1n) is 8.92. The molecule has 1 heterocycles. The summed E-state index contributed by atoms with van der Waals surface area (Å²) >= 11 is 3.61. The number of nitrogen functional groups attached to an aromatic ring is 1. The standard InChI is InChI=1S/C22H19BrN4O/c23-17-10-13(5-6-14-3-1-2-4-18(14)22(25)28)9-16(11-17)15-7-8-19-20(12-15)26-27-21(19)24/h1-4,7-12H,5-6H2,(H2,25,28)(H3,24,26,27). The monoisotopic (exact) mass is 434 g/mol. The molecule has 0 bridgehead atoms. The molecule has 3 aromatic carbocycles.